The Morgan fingerprint density at radius 1 is 1.09 bits per heavy atom. The van der Waals surface area contributed by atoms with Crippen molar-refractivity contribution < 1.29 is 14.7 Å². The first-order valence-corrected chi connectivity index (χ1v) is 8.32. The summed E-state index contributed by atoms with van der Waals surface area (Å²) in [7, 11) is 0. The van der Waals surface area contributed by atoms with Crippen LogP contribution in [-0.4, -0.2) is 41.5 Å². The highest BCUT2D eigenvalue weighted by Gasteiger charge is 2.59. The lowest BCUT2D eigenvalue weighted by Gasteiger charge is -2.43. The first-order chi connectivity index (χ1) is 11.0. The maximum absolute atomic E-state index is 12.5. The number of benzene rings is 1. The number of hydrogen-bond acceptors (Lipinski definition) is 3. The minimum Gasteiger partial charge on any atom is -0.480 e. The summed E-state index contributed by atoms with van der Waals surface area (Å²) in [5.74, 6) is -1.16. The van der Waals surface area contributed by atoms with Crippen LogP contribution in [0.1, 0.15) is 37.7 Å². The third kappa shape index (κ3) is 2.74. The minimum atomic E-state index is -1.12. The molecule has 0 radical (unpaired) electrons. The number of carboxylic acids is 1. The molecular weight excluding hydrogens is 292 g/mol. The summed E-state index contributed by atoms with van der Waals surface area (Å²) in [5, 5.41) is 9.31. The van der Waals surface area contributed by atoms with Crippen LogP contribution in [0.3, 0.4) is 0 Å². The Hall–Kier alpha value is -1.88. The highest BCUT2D eigenvalue weighted by molar-refractivity contribution is 6.04. The van der Waals surface area contributed by atoms with Gasteiger partial charge >= 0.3 is 5.97 Å². The van der Waals surface area contributed by atoms with Crippen LogP contribution in [0.2, 0.25) is 0 Å². The van der Waals surface area contributed by atoms with E-state index < -0.39 is 11.4 Å². The topological polar surface area (TPSA) is 83.6 Å². The minimum absolute atomic E-state index is 0.00667. The van der Waals surface area contributed by atoms with Crippen molar-refractivity contribution in [3.05, 3.63) is 35.9 Å². The quantitative estimate of drug-likeness (QED) is 0.811. The molecule has 1 aliphatic carbocycles. The molecule has 1 saturated heterocycles. The number of piperidine rings is 1. The maximum Gasteiger partial charge on any atom is 0.319 e. The second kappa shape index (κ2) is 5.96. The van der Waals surface area contributed by atoms with Crippen molar-refractivity contribution in [2.24, 2.45) is 11.1 Å². The lowest BCUT2D eigenvalue weighted by Crippen LogP contribution is -2.49. The molecule has 1 saturated carbocycles. The summed E-state index contributed by atoms with van der Waals surface area (Å²) in [4.78, 5) is 25.7. The summed E-state index contributed by atoms with van der Waals surface area (Å²) in [5.41, 5.74) is 5.99. The Kier molecular flexibility index (Phi) is 4.15. The van der Waals surface area contributed by atoms with E-state index in [2.05, 4.69) is 12.1 Å². The molecule has 0 bridgehead atoms. The van der Waals surface area contributed by atoms with Gasteiger partial charge in [-0.05, 0) is 49.6 Å². The summed E-state index contributed by atoms with van der Waals surface area (Å²) < 4.78 is 0. The second-order valence-electron chi connectivity index (χ2n) is 6.86. The third-order valence-corrected chi connectivity index (χ3v) is 5.59. The van der Waals surface area contributed by atoms with Crippen LogP contribution in [0, 0.1) is 5.41 Å². The van der Waals surface area contributed by atoms with Crippen LogP contribution in [0.15, 0.2) is 30.3 Å². The smallest absolute Gasteiger partial charge is 0.319 e. The van der Waals surface area contributed by atoms with Gasteiger partial charge in [-0.25, -0.2) is 0 Å². The lowest BCUT2D eigenvalue weighted by molar-refractivity contribution is -0.154. The molecule has 0 unspecified atom stereocenters. The summed E-state index contributed by atoms with van der Waals surface area (Å²) in [6.07, 6.45) is 3.53. The zero-order valence-electron chi connectivity index (χ0n) is 13.3. The number of rotatable bonds is 5. The average molecular weight is 316 g/mol. The van der Waals surface area contributed by atoms with Gasteiger partial charge < -0.3 is 15.7 Å². The van der Waals surface area contributed by atoms with Gasteiger partial charge in [-0.3, -0.25) is 9.59 Å². The third-order valence-electron chi connectivity index (χ3n) is 5.59. The van der Waals surface area contributed by atoms with Gasteiger partial charge in [0.1, 0.15) is 5.41 Å². The highest BCUT2D eigenvalue weighted by Crippen LogP contribution is 2.48. The zero-order chi connectivity index (χ0) is 16.5. The summed E-state index contributed by atoms with van der Waals surface area (Å²) >= 11 is 0. The number of carboxylic acid groups (broad SMARTS) is 1. The molecule has 2 aliphatic rings. The van der Waals surface area contributed by atoms with E-state index in [4.69, 9.17) is 5.73 Å². The van der Waals surface area contributed by atoms with E-state index in [0.29, 0.717) is 32.5 Å². The van der Waals surface area contributed by atoms with Crippen molar-refractivity contribution in [1.29, 1.82) is 0 Å². The van der Waals surface area contributed by atoms with E-state index in [9.17, 15) is 14.7 Å². The molecule has 1 aromatic rings. The SMILES string of the molecule is NCCC1(c2ccccc2)CCN(C(=O)C2(C(=O)O)CC2)CC1. The standard InChI is InChI=1S/C18H24N2O3/c19-11-8-17(14-4-2-1-3-5-14)9-12-20(13-10-17)15(21)18(6-7-18)16(22)23/h1-5H,6-13,19H2,(H,22,23). The fourth-order valence-electron chi connectivity index (χ4n) is 3.84. The fourth-order valence-corrected chi connectivity index (χ4v) is 3.84. The van der Waals surface area contributed by atoms with Gasteiger partial charge in [0.05, 0.1) is 0 Å². The van der Waals surface area contributed by atoms with Gasteiger partial charge in [-0.2, -0.15) is 0 Å². The molecule has 23 heavy (non-hydrogen) atoms. The molecular formula is C18H24N2O3. The number of carbonyl (C=O) groups is 2. The second-order valence-corrected chi connectivity index (χ2v) is 6.86. The van der Waals surface area contributed by atoms with Crippen LogP contribution >= 0.6 is 0 Å². The molecule has 124 valence electrons. The Morgan fingerprint density at radius 3 is 2.17 bits per heavy atom. The van der Waals surface area contributed by atoms with E-state index in [0.717, 1.165) is 19.3 Å². The molecule has 0 spiro atoms. The highest BCUT2D eigenvalue weighted by atomic mass is 16.4. The monoisotopic (exact) mass is 316 g/mol. The molecule has 1 heterocycles. The van der Waals surface area contributed by atoms with Gasteiger partial charge in [-0.1, -0.05) is 30.3 Å². The summed E-state index contributed by atoms with van der Waals surface area (Å²) in [6.45, 7) is 1.84. The van der Waals surface area contributed by atoms with Crippen LogP contribution in [-0.2, 0) is 15.0 Å². The maximum atomic E-state index is 12.5. The molecule has 3 rings (SSSR count). The van der Waals surface area contributed by atoms with E-state index in [1.54, 1.807) is 4.90 Å². The number of nitrogens with two attached hydrogens (primary N) is 1. The number of amides is 1. The molecule has 0 atom stereocenters. The lowest BCUT2D eigenvalue weighted by atomic mass is 9.70. The van der Waals surface area contributed by atoms with E-state index >= 15 is 0 Å². The Balaban J connectivity index is 1.73. The Labute approximate surface area is 136 Å². The van der Waals surface area contributed by atoms with Crippen molar-refractivity contribution >= 4 is 11.9 Å². The zero-order valence-corrected chi connectivity index (χ0v) is 13.3. The van der Waals surface area contributed by atoms with Gasteiger partial charge in [-0.15, -0.1) is 0 Å². The first-order valence-electron chi connectivity index (χ1n) is 8.32. The Bertz CT molecular complexity index is 588. The predicted molar refractivity (Wildman–Crippen MR) is 86.9 cm³/mol. The van der Waals surface area contributed by atoms with Crippen molar-refractivity contribution in [3.63, 3.8) is 0 Å². The summed E-state index contributed by atoms with van der Waals surface area (Å²) in [6, 6.07) is 10.3. The van der Waals surface area contributed by atoms with E-state index in [1.807, 2.05) is 18.2 Å². The van der Waals surface area contributed by atoms with Crippen molar-refractivity contribution in [2.45, 2.75) is 37.5 Å². The van der Waals surface area contributed by atoms with Gasteiger partial charge in [0.2, 0.25) is 5.91 Å². The number of hydrogen-bond donors (Lipinski definition) is 2. The number of carbonyl (C=O) groups excluding carboxylic acids is 1. The van der Waals surface area contributed by atoms with Gasteiger partial charge in [0, 0.05) is 13.1 Å². The molecule has 3 N–H and O–H groups in total. The van der Waals surface area contributed by atoms with E-state index in [1.165, 1.54) is 5.56 Å². The van der Waals surface area contributed by atoms with E-state index in [-0.39, 0.29) is 11.3 Å². The number of likely N-dealkylation sites (tertiary alicyclic amines) is 1. The number of nitrogens with zero attached hydrogens (tertiary/aromatic N) is 1. The average Bonchev–Trinajstić information content (AvgIpc) is 3.38. The normalized spacial score (nSPS) is 21.7. The van der Waals surface area contributed by atoms with Crippen molar-refractivity contribution in [2.75, 3.05) is 19.6 Å². The van der Waals surface area contributed by atoms with Crippen molar-refractivity contribution in [3.8, 4) is 0 Å². The molecule has 2 fully saturated rings. The number of aliphatic carboxylic acids is 1. The molecule has 5 heteroatoms. The first kappa shape index (κ1) is 16.0. The van der Waals surface area contributed by atoms with Crippen molar-refractivity contribution in [1.82, 2.24) is 4.90 Å². The van der Waals surface area contributed by atoms with Gasteiger partial charge in [0.15, 0.2) is 0 Å². The van der Waals surface area contributed by atoms with Gasteiger partial charge in [0.25, 0.3) is 0 Å². The predicted octanol–water partition coefficient (Wildman–Crippen LogP) is 1.76. The molecule has 0 aromatic heterocycles. The van der Waals surface area contributed by atoms with Crippen LogP contribution in [0.5, 0.6) is 0 Å². The van der Waals surface area contributed by atoms with Crippen LogP contribution in [0.25, 0.3) is 0 Å². The van der Waals surface area contributed by atoms with Crippen LogP contribution in [0.4, 0.5) is 0 Å². The molecule has 1 aliphatic heterocycles. The fraction of sp³-hybridized carbons (Fsp3) is 0.556. The molecule has 1 amide bonds. The molecule has 5 nitrogen and oxygen atoms in total. The largest absolute Gasteiger partial charge is 0.480 e. The Morgan fingerprint density at radius 2 is 1.70 bits per heavy atom. The van der Waals surface area contributed by atoms with Crippen LogP contribution < -0.4 is 5.73 Å². The molecule has 1 aromatic carbocycles.